The van der Waals surface area contributed by atoms with Crippen molar-refractivity contribution >= 4 is 5.82 Å². The van der Waals surface area contributed by atoms with Crippen LogP contribution in [0, 0.1) is 0 Å². The van der Waals surface area contributed by atoms with Crippen LogP contribution in [0.1, 0.15) is 24.9 Å². The van der Waals surface area contributed by atoms with E-state index in [9.17, 15) is 4.79 Å². The number of aromatic nitrogens is 1. The zero-order valence-electron chi connectivity index (χ0n) is 9.23. The molecule has 82 valence electrons. The zero-order valence-corrected chi connectivity index (χ0v) is 9.23. The quantitative estimate of drug-likeness (QED) is 0.737. The lowest BCUT2D eigenvalue weighted by atomic mass is 10.1. The van der Waals surface area contributed by atoms with Crippen LogP contribution in [0.15, 0.2) is 16.9 Å². The highest BCUT2D eigenvalue weighted by Gasteiger charge is 2.19. The van der Waals surface area contributed by atoms with E-state index in [0.717, 1.165) is 30.9 Å². The van der Waals surface area contributed by atoms with Crippen LogP contribution in [0.4, 0.5) is 5.82 Å². The van der Waals surface area contributed by atoms with Gasteiger partial charge in [0.05, 0.1) is 0 Å². The lowest BCUT2D eigenvalue weighted by Gasteiger charge is -2.31. The Morgan fingerprint density at radius 1 is 1.40 bits per heavy atom. The molecule has 4 heteroatoms. The molecule has 2 rings (SSSR count). The smallest absolute Gasteiger partial charge is 0.252 e. The van der Waals surface area contributed by atoms with Gasteiger partial charge in [0.1, 0.15) is 5.82 Å². The van der Waals surface area contributed by atoms with Crippen LogP contribution >= 0.6 is 0 Å². The van der Waals surface area contributed by atoms with E-state index >= 15 is 0 Å². The van der Waals surface area contributed by atoms with E-state index in [0.29, 0.717) is 0 Å². The average molecular weight is 207 g/mol. The Kier molecular flexibility index (Phi) is 2.52. The van der Waals surface area contributed by atoms with Crippen molar-refractivity contribution < 1.29 is 0 Å². The molecule has 1 unspecified atom stereocenters. The minimum Gasteiger partial charge on any atom is -0.361 e. The summed E-state index contributed by atoms with van der Waals surface area (Å²) >= 11 is 0. The van der Waals surface area contributed by atoms with Gasteiger partial charge in [-0.15, -0.1) is 0 Å². The van der Waals surface area contributed by atoms with Crippen LogP contribution in [0.5, 0.6) is 0 Å². The molecule has 0 aromatic carbocycles. The third-order valence-electron chi connectivity index (χ3n) is 2.91. The molecule has 0 saturated heterocycles. The van der Waals surface area contributed by atoms with Crippen molar-refractivity contribution in [2.75, 3.05) is 18.5 Å². The highest BCUT2D eigenvalue weighted by atomic mass is 16.1. The van der Waals surface area contributed by atoms with Crippen molar-refractivity contribution in [2.45, 2.75) is 25.9 Å². The molecular formula is C11H17N3O. The maximum absolute atomic E-state index is 11.7. The number of pyridine rings is 1. The maximum atomic E-state index is 11.7. The Morgan fingerprint density at radius 2 is 2.13 bits per heavy atom. The summed E-state index contributed by atoms with van der Waals surface area (Å²) < 4.78 is 1.82. The molecule has 15 heavy (non-hydrogen) atoms. The third kappa shape index (κ3) is 1.65. The number of nitrogens with zero attached hydrogens (tertiary/aromatic N) is 2. The third-order valence-corrected chi connectivity index (χ3v) is 2.91. The Hall–Kier alpha value is -1.29. The predicted molar refractivity (Wildman–Crippen MR) is 61.2 cm³/mol. The van der Waals surface area contributed by atoms with Crippen molar-refractivity contribution in [3.8, 4) is 0 Å². The van der Waals surface area contributed by atoms with Crippen molar-refractivity contribution in [3.63, 3.8) is 0 Å². The first-order valence-corrected chi connectivity index (χ1v) is 5.31. The summed E-state index contributed by atoms with van der Waals surface area (Å²) in [6.45, 7) is 3.74. The highest BCUT2D eigenvalue weighted by Crippen LogP contribution is 2.25. The van der Waals surface area contributed by atoms with E-state index in [-0.39, 0.29) is 11.6 Å². The van der Waals surface area contributed by atoms with Crippen LogP contribution in [0.25, 0.3) is 0 Å². The van der Waals surface area contributed by atoms with Gasteiger partial charge in [0, 0.05) is 37.8 Å². The minimum atomic E-state index is -0.0348. The summed E-state index contributed by atoms with van der Waals surface area (Å²) in [5.74, 6) is 0.990. The van der Waals surface area contributed by atoms with Gasteiger partial charge < -0.3 is 10.6 Å². The molecule has 1 aliphatic rings. The molecule has 2 heterocycles. The minimum absolute atomic E-state index is 0.0348. The summed E-state index contributed by atoms with van der Waals surface area (Å²) in [5, 5.41) is 0. The molecular weight excluding hydrogens is 190 g/mol. The van der Waals surface area contributed by atoms with Crippen LogP contribution in [-0.2, 0) is 6.54 Å². The van der Waals surface area contributed by atoms with Crippen molar-refractivity contribution in [2.24, 2.45) is 5.73 Å². The van der Waals surface area contributed by atoms with Crippen LogP contribution in [0.2, 0.25) is 0 Å². The number of rotatable bonds is 1. The van der Waals surface area contributed by atoms with Gasteiger partial charge in [-0.05, 0) is 19.4 Å². The highest BCUT2D eigenvalue weighted by molar-refractivity contribution is 5.49. The number of hydrogen-bond donors (Lipinski definition) is 1. The standard InChI is InChI=1S/C11H17N3O/c1-8(12)9-4-5-10(15)14-7-3-6-13(2)11(9)14/h4-5,8H,3,6-7,12H2,1-2H3. The fraction of sp³-hybridized carbons (Fsp3) is 0.545. The van der Waals surface area contributed by atoms with Gasteiger partial charge in [-0.2, -0.15) is 0 Å². The van der Waals surface area contributed by atoms with Crippen LogP contribution in [-0.4, -0.2) is 18.2 Å². The Morgan fingerprint density at radius 3 is 2.80 bits per heavy atom. The van der Waals surface area contributed by atoms with Gasteiger partial charge in [0.15, 0.2) is 0 Å². The molecule has 1 aliphatic heterocycles. The largest absolute Gasteiger partial charge is 0.361 e. The second-order valence-electron chi connectivity index (χ2n) is 4.17. The fourth-order valence-corrected chi connectivity index (χ4v) is 2.16. The summed E-state index contributed by atoms with van der Waals surface area (Å²) in [6, 6.07) is 3.43. The molecule has 0 fully saturated rings. The van der Waals surface area contributed by atoms with Gasteiger partial charge in [0.2, 0.25) is 0 Å². The Labute approximate surface area is 89.3 Å². The molecule has 1 aromatic rings. The summed E-state index contributed by atoms with van der Waals surface area (Å²) in [7, 11) is 2.01. The molecule has 0 bridgehead atoms. The van der Waals surface area contributed by atoms with Crippen molar-refractivity contribution in [3.05, 3.63) is 28.0 Å². The molecule has 4 nitrogen and oxygen atoms in total. The summed E-state index contributed by atoms with van der Waals surface area (Å²) in [5.41, 5.74) is 7.03. The van der Waals surface area contributed by atoms with Crippen molar-refractivity contribution in [1.82, 2.24) is 4.57 Å². The molecule has 1 atom stereocenters. The van der Waals surface area contributed by atoms with E-state index in [2.05, 4.69) is 4.90 Å². The lowest BCUT2D eigenvalue weighted by Crippen LogP contribution is -2.36. The molecule has 0 saturated carbocycles. The van der Waals surface area contributed by atoms with E-state index in [1.807, 2.05) is 24.6 Å². The van der Waals surface area contributed by atoms with E-state index in [4.69, 9.17) is 5.73 Å². The van der Waals surface area contributed by atoms with Crippen LogP contribution < -0.4 is 16.2 Å². The topological polar surface area (TPSA) is 51.3 Å². The maximum Gasteiger partial charge on any atom is 0.252 e. The Bertz CT molecular complexity index is 422. The molecule has 2 N–H and O–H groups in total. The monoisotopic (exact) mass is 207 g/mol. The van der Waals surface area contributed by atoms with E-state index in [1.54, 1.807) is 6.07 Å². The SMILES string of the molecule is CC(N)c1ccc(=O)n2c1N(C)CCC2. The summed E-state index contributed by atoms with van der Waals surface area (Å²) in [6.07, 6.45) is 1.02. The summed E-state index contributed by atoms with van der Waals surface area (Å²) in [4.78, 5) is 13.8. The first-order valence-electron chi connectivity index (χ1n) is 5.31. The Balaban J connectivity index is 2.65. The molecule has 1 aromatic heterocycles. The van der Waals surface area contributed by atoms with E-state index in [1.165, 1.54) is 0 Å². The van der Waals surface area contributed by atoms with Gasteiger partial charge in [-0.1, -0.05) is 0 Å². The average Bonchev–Trinajstić information content (AvgIpc) is 2.19. The number of nitrogens with two attached hydrogens (primary N) is 1. The fourth-order valence-electron chi connectivity index (χ4n) is 2.16. The predicted octanol–water partition coefficient (Wildman–Crippen LogP) is 0.708. The van der Waals surface area contributed by atoms with Crippen LogP contribution in [0.3, 0.4) is 0 Å². The molecule has 0 aliphatic carbocycles. The number of hydrogen-bond acceptors (Lipinski definition) is 3. The van der Waals surface area contributed by atoms with Gasteiger partial charge in [-0.3, -0.25) is 9.36 Å². The zero-order chi connectivity index (χ0) is 11.0. The number of fused-ring (bicyclic) bond motifs is 1. The van der Waals surface area contributed by atoms with Gasteiger partial charge >= 0.3 is 0 Å². The van der Waals surface area contributed by atoms with Gasteiger partial charge in [0.25, 0.3) is 5.56 Å². The van der Waals surface area contributed by atoms with E-state index < -0.39 is 0 Å². The first kappa shape index (κ1) is 10.2. The molecule has 0 amide bonds. The molecule has 0 radical (unpaired) electrons. The second-order valence-corrected chi connectivity index (χ2v) is 4.17. The lowest BCUT2D eigenvalue weighted by molar-refractivity contribution is 0.556. The van der Waals surface area contributed by atoms with Gasteiger partial charge in [-0.25, -0.2) is 0 Å². The normalized spacial score (nSPS) is 17.4. The van der Waals surface area contributed by atoms with Crippen molar-refractivity contribution in [1.29, 1.82) is 0 Å². The first-order chi connectivity index (χ1) is 7.11. The number of anilines is 1. The second kappa shape index (κ2) is 3.70. The molecule has 0 spiro atoms.